The fraction of sp³-hybridized carbons (Fsp3) is 0.300. The van der Waals surface area contributed by atoms with E-state index < -0.39 is 69.6 Å². The lowest BCUT2D eigenvalue weighted by Gasteiger charge is -2.31. The molecule has 4 aromatic rings. The number of benzene rings is 4. The van der Waals surface area contributed by atoms with Gasteiger partial charge in [0.2, 0.25) is 0 Å². The van der Waals surface area contributed by atoms with E-state index in [-0.39, 0.29) is 26.2 Å². The molecule has 0 spiro atoms. The van der Waals surface area contributed by atoms with E-state index in [1.165, 1.54) is 0 Å². The van der Waals surface area contributed by atoms with Crippen LogP contribution >= 0.6 is 0 Å². The predicted molar refractivity (Wildman–Crippen MR) is 234 cm³/mol. The smallest absolute Gasteiger partial charge is 0.266 e. The number of rotatable bonds is 15. The third-order valence-corrected chi connectivity index (χ3v) is 13.5. The van der Waals surface area contributed by atoms with Crippen LogP contribution in [0.1, 0.15) is 19.3 Å². The summed E-state index contributed by atoms with van der Waals surface area (Å²) in [4.78, 5) is 6.96. The molecule has 0 radical (unpaired) electrons. The molecule has 4 aromatic carbocycles. The van der Waals surface area contributed by atoms with Crippen molar-refractivity contribution in [1.82, 2.24) is 0 Å². The summed E-state index contributed by atoms with van der Waals surface area (Å²) >= 11 is 0. The van der Waals surface area contributed by atoms with E-state index in [9.17, 15) is 51.9 Å². The lowest BCUT2D eigenvalue weighted by molar-refractivity contribution is 0.479. The average molecular weight is 901 g/mol. The molecule has 1 atom stereocenters. The first-order valence-corrected chi connectivity index (χ1v) is 25.4. The van der Waals surface area contributed by atoms with E-state index in [1.54, 1.807) is 31.7 Å². The zero-order chi connectivity index (χ0) is 43.0. The zero-order valence-electron chi connectivity index (χ0n) is 32.1. The van der Waals surface area contributed by atoms with Gasteiger partial charge in [-0.3, -0.25) is 18.2 Å². The minimum Gasteiger partial charge on any atom is -0.345 e. The zero-order valence-corrected chi connectivity index (χ0v) is 35.4. The van der Waals surface area contributed by atoms with Crippen molar-refractivity contribution in [2.45, 2.75) is 25.4 Å². The molecule has 2 heterocycles. The Morgan fingerprint density at radius 2 is 1.07 bits per heavy atom. The summed E-state index contributed by atoms with van der Waals surface area (Å²) in [7, 11) is -17.6. The summed E-state index contributed by atoms with van der Waals surface area (Å²) < 4.78 is 135. The van der Waals surface area contributed by atoms with Crippen molar-refractivity contribution < 1.29 is 51.9 Å². The Bertz CT molecular complexity index is 2910. The highest BCUT2D eigenvalue weighted by Crippen LogP contribution is 2.47. The molecule has 4 N–H and O–H groups in total. The van der Waals surface area contributed by atoms with Crippen molar-refractivity contribution in [2.24, 2.45) is 0 Å². The van der Waals surface area contributed by atoms with Crippen molar-refractivity contribution in [2.75, 3.05) is 68.8 Å². The molecule has 0 amide bonds. The van der Waals surface area contributed by atoms with Crippen molar-refractivity contribution in [3.63, 3.8) is 0 Å². The van der Waals surface area contributed by atoms with E-state index in [0.29, 0.717) is 41.4 Å². The number of fused-ring (bicyclic) bond motifs is 6. The van der Waals surface area contributed by atoms with Gasteiger partial charge in [-0.15, -0.1) is 0 Å². The Kier molecular flexibility index (Phi) is 12.2. The maximum atomic E-state index is 12.0. The second kappa shape index (κ2) is 16.9. The standard InChI is InChI=1S/C40H44N4O12S4/c45-57(46,47)24-20-41-35-16-14-31-8-1-3-10-33(31)39(35)43(22-26-59(51,52)53)37(41)18-12-29-6-5-7-30(28-29)13-19-38-42(21-25-58(48,49)50)36-17-15-32-9-2-4-11-34(32)40(36)44(38)23-27-60(54,55)56/h1-4,8-19,28,37H,5-7,20-27H2,(H,45,46,47)(H,48,49,50)(H,51,52,53)(H,54,55,56). The highest BCUT2D eigenvalue weighted by atomic mass is 32.2. The maximum absolute atomic E-state index is 12.0. The number of allylic oxidation sites excluding steroid dienone is 6. The van der Waals surface area contributed by atoms with Gasteiger partial charge in [-0.05, 0) is 65.5 Å². The molecule has 7 rings (SSSR count). The minimum atomic E-state index is -4.41. The molecule has 20 heteroatoms. The van der Waals surface area contributed by atoms with Gasteiger partial charge in [0.15, 0.2) is 0 Å². The number of nitrogens with zero attached hydrogens (tertiary/aromatic N) is 4. The molecule has 320 valence electrons. The van der Waals surface area contributed by atoms with Crippen LogP contribution in [0.2, 0.25) is 0 Å². The van der Waals surface area contributed by atoms with Crippen molar-refractivity contribution in [3.05, 3.63) is 120 Å². The highest BCUT2D eigenvalue weighted by Gasteiger charge is 2.37. The van der Waals surface area contributed by atoms with Crippen molar-refractivity contribution in [3.8, 4) is 0 Å². The third kappa shape index (κ3) is 10.2. The van der Waals surface area contributed by atoms with Gasteiger partial charge in [-0.2, -0.15) is 33.7 Å². The Labute approximate surface area is 349 Å². The van der Waals surface area contributed by atoms with Crippen LogP contribution in [0.5, 0.6) is 0 Å². The highest BCUT2D eigenvalue weighted by molar-refractivity contribution is 7.86. The quantitative estimate of drug-likeness (QED) is 0.112. The van der Waals surface area contributed by atoms with Crippen LogP contribution in [0.25, 0.3) is 21.5 Å². The first-order chi connectivity index (χ1) is 28.2. The Morgan fingerprint density at radius 3 is 1.67 bits per heavy atom. The van der Waals surface area contributed by atoms with Crippen LogP contribution in [-0.4, -0.2) is 107 Å². The average Bonchev–Trinajstić information content (AvgIpc) is 3.66. The number of anilines is 4. The lowest BCUT2D eigenvalue weighted by Crippen LogP contribution is -2.45. The molecular weight excluding hydrogens is 857 g/mol. The van der Waals surface area contributed by atoms with E-state index >= 15 is 0 Å². The monoisotopic (exact) mass is 900 g/mol. The van der Waals surface area contributed by atoms with E-state index in [0.717, 1.165) is 39.1 Å². The fourth-order valence-corrected chi connectivity index (χ4v) is 9.75. The predicted octanol–water partition coefficient (Wildman–Crippen LogP) is 5.26. The van der Waals surface area contributed by atoms with E-state index in [4.69, 9.17) is 0 Å². The van der Waals surface area contributed by atoms with Gasteiger partial charge < -0.3 is 19.6 Å². The lowest BCUT2D eigenvalue weighted by atomic mass is 9.94. The van der Waals surface area contributed by atoms with Gasteiger partial charge in [0.25, 0.3) is 40.5 Å². The third-order valence-electron chi connectivity index (χ3n) is 10.7. The topological polar surface area (TPSA) is 230 Å². The number of hydrogen-bond acceptors (Lipinski definition) is 12. The molecule has 1 aliphatic carbocycles. The van der Waals surface area contributed by atoms with Gasteiger partial charge in [-0.25, -0.2) is 0 Å². The second-order valence-corrected chi connectivity index (χ2v) is 21.0. The Balaban J connectivity index is 1.27. The van der Waals surface area contributed by atoms with Crippen molar-refractivity contribution in [1.29, 1.82) is 0 Å². The van der Waals surface area contributed by atoms with Gasteiger partial charge in [-0.1, -0.05) is 78.9 Å². The van der Waals surface area contributed by atoms with Crippen LogP contribution in [0, 0.1) is 0 Å². The molecule has 60 heavy (non-hydrogen) atoms. The van der Waals surface area contributed by atoms with Gasteiger partial charge in [0, 0.05) is 37.0 Å². The Hall–Kier alpha value is -4.80. The second-order valence-electron chi connectivity index (χ2n) is 14.8. The normalized spacial score (nSPS) is 19.0. The summed E-state index contributed by atoms with van der Waals surface area (Å²) in [5, 5.41) is 3.26. The maximum Gasteiger partial charge on any atom is 0.266 e. The summed E-state index contributed by atoms with van der Waals surface area (Å²) in [6, 6.07) is 22.2. The SMILES string of the molecule is O=S(=O)(O)CCN1C(=CC=C2C=C(C=CC3N(CCS(=O)(=O)O)c4ccc5ccccc5c4N3CCS(=O)(=O)O)CCC2)N(CCS(=O)(=O)O)c2c1ccc1ccccc21. The molecule has 16 nitrogen and oxygen atoms in total. The van der Waals surface area contributed by atoms with Gasteiger partial charge in [0.05, 0.1) is 45.8 Å². The van der Waals surface area contributed by atoms with Crippen LogP contribution in [0.3, 0.4) is 0 Å². The molecule has 1 unspecified atom stereocenters. The molecule has 0 saturated carbocycles. The van der Waals surface area contributed by atoms with Crippen LogP contribution in [-0.2, 0) is 40.5 Å². The van der Waals surface area contributed by atoms with Gasteiger partial charge >= 0.3 is 0 Å². The first-order valence-electron chi connectivity index (χ1n) is 19.0. The molecule has 0 fully saturated rings. The van der Waals surface area contributed by atoms with Crippen LogP contribution in [0.15, 0.2) is 120 Å². The molecule has 0 bridgehead atoms. The van der Waals surface area contributed by atoms with Crippen LogP contribution in [0.4, 0.5) is 22.7 Å². The summed E-state index contributed by atoms with van der Waals surface area (Å²) in [5.74, 6) is -2.00. The molecule has 2 aliphatic heterocycles. The first kappa shape index (κ1) is 43.3. The largest absolute Gasteiger partial charge is 0.345 e. The summed E-state index contributed by atoms with van der Waals surface area (Å²) in [6.07, 6.45) is 10.5. The van der Waals surface area contributed by atoms with Crippen molar-refractivity contribution >= 4 is 84.8 Å². The summed E-state index contributed by atoms with van der Waals surface area (Å²) in [5.41, 5.74) is 4.21. The fourth-order valence-electron chi connectivity index (χ4n) is 8.07. The Morgan fingerprint density at radius 1 is 0.550 bits per heavy atom. The molecule has 3 aliphatic rings. The van der Waals surface area contributed by atoms with Crippen LogP contribution < -0.4 is 19.6 Å². The van der Waals surface area contributed by atoms with E-state index in [2.05, 4.69) is 0 Å². The van der Waals surface area contributed by atoms with Gasteiger partial charge in [0.1, 0.15) is 12.0 Å². The minimum absolute atomic E-state index is 0.126. The summed E-state index contributed by atoms with van der Waals surface area (Å²) in [6.45, 7) is -0.580. The number of hydrogen-bond donors (Lipinski definition) is 4. The molecular formula is C40H44N4O12S4. The molecule has 0 aromatic heterocycles. The molecule has 0 saturated heterocycles. The van der Waals surface area contributed by atoms with E-state index in [1.807, 2.05) is 91.0 Å².